The summed E-state index contributed by atoms with van der Waals surface area (Å²) in [5.41, 5.74) is 6.85. The first-order valence-electron chi connectivity index (χ1n) is 12.2. The Bertz CT molecular complexity index is 1230. The second kappa shape index (κ2) is 8.66. The van der Waals surface area contributed by atoms with Crippen LogP contribution in [0.15, 0.2) is 66.7 Å². The molecule has 0 saturated carbocycles. The highest BCUT2D eigenvalue weighted by atomic mass is 15.4. The molecule has 5 rings (SSSR count). The minimum absolute atomic E-state index is 0.0335. The number of fused-ring (bicyclic) bond motifs is 1. The maximum atomic E-state index is 5.14. The van der Waals surface area contributed by atoms with Gasteiger partial charge in [0.05, 0.1) is 11.4 Å². The number of anilines is 1. The van der Waals surface area contributed by atoms with Crippen LogP contribution in [0.3, 0.4) is 0 Å². The second-order valence-electron chi connectivity index (χ2n) is 10.4. The van der Waals surface area contributed by atoms with Crippen LogP contribution >= 0.6 is 0 Å². The molecule has 0 amide bonds. The summed E-state index contributed by atoms with van der Waals surface area (Å²) in [4.78, 5) is 7.66. The van der Waals surface area contributed by atoms with Crippen molar-refractivity contribution in [2.24, 2.45) is 5.92 Å². The number of hydrogen-bond acceptors (Lipinski definition) is 3. The Hall–Kier alpha value is -3.14. The third-order valence-corrected chi connectivity index (χ3v) is 6.88. The third kappa shape index (κ3) is 4.39. The molecule has 4 nitrogen and oxygen atoms in total. The molecule has 0 atom stereocenters. The highest BCUT2D eigenvalue weighted by Gasteiger charge is 2.26. The SMILES string of the molecule is Cc1nn2c(N3CCC(Cc4ccccc4)CC3)cc(C(C)(C)C)nc2c1-c1ccccc1. The fourth-order valence-electron chi connectivity index (χ4n) is 4.97. The molecule has 0 unspecified atom stereocenters. The zero-order valence-corrected chi connectivity index (χ0v) is 20.3. The van der Waals surface area contributed by atoms with Gasteiger partial charge < -0.3 is 4.90 Å². The molecule has 1 fully saturated rings. The highest BCUT2D eigenvalue weighted by Crippen LogP contribution is 2.34. The Labute approximate surface area is 197 Å². The van der Waals surface area contributed by atoms with Crippen molar-refractivity contribution >= 4 is 11.5 Å². The fraction of sp³-hybridized carbons (Fsp3) is 0.379. The minimum Gasteiger partial charge on any atom is -0.356 e. The van der Waals surface area contributed by atoms with E-state index in [4.69, 9.17) is 10.1 Å². The van der Waals surface area contributed by atoms with Crippen LogP contribution < -0.4 is 4.90 Å². The molecule has 2 aromatic carbocycles. The molecule has 4 heteroatoms. The van der Waals surface area contributed by atoms with Crippen LogP contribution in [0.25, 0.3) is 16.8 Å². The average molecular weight is 439 g/mol. The van der Waals surface area contributed by atoms with E-state index < -0.39 is 0 Å². The van der Waals surface area contributed by atoms with Crippen molar-refractivity contribution in [1.82, 2.24) is 14.6 Å². The Morgan fingerprint density at radius 1 is 0.909 bits per heavy atom. The maximum absolute atomic E-state index is 5.14. The lowest BCUT2D eigenvalue weighted by Gasteiger charge is -2.34. The van der Waals surface area contributed by atoms with E-state index >= 15 is 0 Å². The zero-order chi connectivity index (χ0) is 23.0. The smallest absolute Gasteiger partial charge is 0.165 e. The molecule has 4 aromatic rings. The highest BCUT2D eigenvalue weighted by molar-refractivity contribution is 5.81. The van der Waals surface area contributed by atoms with E-state index in [1.807, 2.05) is 0 Å². The van der Waals surface area contributed by atoms with Crippen molar-refractivity contribution in [3.63, 3.8) is 0 Å². The maximum Gasteiger partial charge on any atom is 0.165 e. The van der Waals surface area contributed by atoms with Gasteiger partial charge >= 0.3 is 0 Å². The lowest BCUT2D eigenvalue weighted by Crippen LogP contribution is -2.36. The standard InChI is InChI=1S/C29H34N4/c1-21-27(24-13-9-6-10-14-24)28-30-25(29(2,3)4)20-26(33(28)31-21)32-17-15-23(16-18-32)19-22-11-7-5-8-12-22/h5-14,20,23H,15-19H2,1-4H3. The Kier molecular flexibility index (Phi) is 5.69. The predicted molar refractivity (Wildman–Crippen MR) is 137 cm³/mol. The normalized spacial score (nSPS) is 15.3. The van der Waals surface area contributed by atoms with E-state index in [2.05, 4.69) is 104 Å². The summed E-state index contributed by atoms with van der Waals surface area (Å²) < 4.78 is 2.09. The first-order valence-corrected chi connectivity index (χ1v) is 12.2. The first-order chi connectivity index (χ1) is 15.9. The number of piperidine rings is 1. The van der Waals surface area contributed by atoms with Gasteiger partial charge in [-0.05, 0) is 43.2 Å². The molecule has 0 N–H and O–H groups in total. The summed E-state index contributed by atoms with van der Waals surface area (Å²) in [5, 5.41) is 4.99. The molecule has 1 aliphatic heterocycles. The van der Waals surface area contributed by atoms with Gasteiger partial charge in [-0.1, -0.05) is 81.4 Å². The van der Waals surface area contributed by atoms with Crippen LogP contribution in [0.1, 0.15) is 50.6 Å². The average Bonchev–Trinajstić information content (AvgIpc) is 3.15. The number of aryl methyl sites for hydroxylation is 1. The summed E-state index contributed by atoms with van der Waals surface area (Å²) in [7, 11) is 0. The van der Waals surface area contributed by atoms with Crippen molar-refractivity contribution in [3.05, 3.63) is 83.7 Å². The Balaban J connectivity index is 1.50. The van der Waals surface area contributed by atoms with E-state index in [1.54, 1.807) is 0 Å². The van der Waals surface area contributed by atoms with Gasteiger partial charge in [0, 0.05) is 30.1 Å². The molecule has 0 aliphatic carbocycles. The van der Waals surface area contributed by atoms with E-state index in [-0.39, 0.29) is 5.41 Å². The van der Waals surface area contributed by atoms with Crippen LogP contribution in [0.5, 0.6) is 0 Å². The monoisotopic (exact) mass is 438 g/mol. The Morgan fingerprint density at radius 3 is 2.18 bits per heavy atom. The lowest BCUT2D eigenvalue weighted by atomic mass is 9.89. The zero-order valence-electron chi connectivity index (χ0n) is 20.3. The summed E-state index contributed by atoms with van der Waals surface area (Å²) in [5.74, 6) is 1.91. The van der Waals surface area contributed by atoms with Gasteiger partial charge in [0.25, 0.3) is 0 Å². The summed E-state index contributed by atoms with van der Waals surface area (Å²) >= 11 is 0. The van der Waals surface area contributed by atoms with Crippen molar-refractivity contribution in [2.45, 2.75) is 52.4 Å². The fourth-order valence-corrected chi connectivity index (χ4v) is 4.97. The van der Waals surface area contributed by atoms with Crippen molar-refractivity contribution < 1.29 is 0 Å². The summed E-state index contributed by atoms with van der Waals surface area (Å²) in [6.45, 7) is 10.9. The molecule has 0 spiro atoms. The van der Waals surface area contributed by atoms with Crippen LogP contribution in [-0.4, -0.2) is 27.7 Å². The molecule has 2 aromatic heterocycles. The number of benzene rings is 2. The van der Waals surface area contributed by atoms with Gasteiger partial charge in [-0.2, -0.15) is 9.61 Å². The van der Waals surface area contributed by atoms with Crippen molar-refractivity contribution in [1.29, 1.82) is 0 Å². The van der Waals surface area contributed by atoms with Crippen LogP contribution in [-0.2, 0) is 11.8 Å². The second-order valence-corrected chi connectivity index (χ2v) is 10.4. The van der Waals surface area contributed by atoms with Gasteiger partial charge in [0.1, 0.15) is 5.82 Å². The molecule has 0 bridgehead atoms. The van der Waals surface area contributed by atoms with Gasteiger partial charge in [0.15, 0.2) is 5.65 Å². The first kappa shape index (κ1) is 21.7. The van der Waals surface area contributed by atoms with Crippen LogP contribution in [0.4, 0.5) is 5.82 Å². The molecule has 3 heterocycles. The summed E-state index contributed by atoms with van der Waals surface area (Å²) in [6.07, 6.45) is 3.58. The number of hydrogen-bond donors (Lipinski definition) is 0. The van der Waals surface area contributed by atoms with Gasteiger partial charge in [-0.25, -0.2) is 4.98 Å². The molecule has 0 radical (unpaired) electrons. The number of aromatic nitrogens is 3. The van der Waals surface area contributed by atoms with Crippen molar-refractivity contribution in [2.75, 3.05) is 18.0 Å². The van der Waals surface area contributed by atoms with Crippen LogP contribution in [0, 0.1) is 12.8 Å². The van der Waals surface area contributed by atoms with Crippen molar-refractivity contribution in [3.8, 4) is 11.1 Å². The largest absolute Gasteiger partial charge is 0.356 e. The number of rotatable bonds is 4. The van der Waals surface area contributed by atoms with Gasteiger partial charge in [-0.15, -0.1) is 0 Å². The number of nitrogens with zero attached hydrogens (tertiary/aromatic N) is 4. The summed E-state index contributed by atoms with van der Waals surface area (Å²) in [6, 6.07) is 23.7. The topological polar surface area (TPSA) is 33.4 Å². The molecule has 170 valence electrons. The van der Waals surface area contributed by atoms with Gasteiger partial charge in [0.2, 0.25) is 0 Å². The predicted octanol–water partition coefficient (Wildman–Crippen LogP) is 6.46. The molecular weight excluding hydrogens is 404 g/mol. The quantitative estimate of drug-likeness (QED) is 0.366. The van der Waals surface area contributed by atoms with E-state index in [0.29, 0.717) is 0 Å². The molecule has 1 aliphatic rings. The molecule has 33 heavy (non-hydrogen) atoms. The Morgan fingerprint density at radius 2 is 1.55 bits per heavy atom. The van der Waals surface area contributed by atoms with E-state index in [9.17, 15) is 0 Å². The molecule has 1 saturated heterocycles. The van der Waals surface area contributed by atoms with Crippen LogP contribution in [0.2, 0.25) is 0 Å². The molecular formula is C29H34N4. The minimum atomic E-state index is -0.0335. The van der Waals surface area contributed by atoms with Gasteiger partial charge in [-0.3, -0.25) is 0 Å². The van der Waals surface area contributed by atoms with E-state index in [0.717, 1.165) is 41.6 Å². The third-order valence-electron chi connectivity index (χ3n) is 6.88. The van der Waals surface area contributed by atoms with E-state index in [1.165, 1.54) is 36.2 Å². The lowest BCUT2D eigenvalue weighted by molar-refractivity contribution is 0.400.